The molecule has 0 aromatic heterocycles. The van der Waals surface area contributed by atoms with Crippen molar-refractivity contribution < 1.29 is 8.42 Å². The quantitative estimate of drug-likeness (QED) is 0.883. The maximum absolute atomic E-state index is 12.6. The van der Waals surface area contributed by atoms with Crippen LogP contribution in [0.1, 0.15) is 24.1 Å². The average molecular weight is 304 g/mol. The van der Waals surface area contributed by atoms with E-state index in [1.54, 1.807) is 19.2 Å². The van der Waals surface area contributed by atoms with E-state index in [2.05, 4.69) is 0 Å². The first-order chi connectivity index (χ1) is 9.82. The first-order valence-electron chi connectivity index (χ1n) is 6.72. The van der Waals surface area contributed by atoms with E-state index in [1.165, 1.54) is 16.4 Å². The van der Waals surface area contributed by atoms with Crippen LogP contribution in [0.2, 0.25) is 0 Å². The third-order valence-electron chi connectivity index (χ3n) is 3.66. The number of benzene rings is 2. The number of anilines is 1. The van der Waals surface area contributed by atoms with Gasteiger partial charge in [-0.25, -0.2) is 8.42 Å². The smallest absolute Gasteiger partial charge is 0.243 e. The maximum atomic E-state index is 12.6. The highest BCUT2D eigenvalue weighted by atomic mass is 32.2. The first kappa shape index (κ1) is 15.5. The van der Waals surface area contributed by atoms with Gasteiger partial charge < -0.3 is 5.73 Å². The second kappa shape index (κ2) is 5.87. The Morgan fingerprint density at radius 1 is 1.00 bits per heavy atom. The molecule has 0 saturated heterocycles. The van der Waals surface area contributed by atoms with Crippen LogP contribution in [0.5, 0.6) is 0 Å². The summed E-state index contributed by atoms with van der Waals surface area (Å²) in [7, 11) is -1.94. The van der Waals surface area contributed by atoms with Crippen LogP contribution in [0.25, 0.3) is 0 Å². The molecule has 2 aromatic rings. The van der Waals surface area contributed by atoms with Gasteiger partial charge in [0, 0.05) is 18.8 Å². The number of hydrogen-bond donors (Lipinski definition) is 1. The molecule has 0 aliphatic heterocycles. The van der Waals surface area contributed by atoms with Crippen LogP contribution >= 0.6 is 0 Å². The third kappa shape index (κ3) is 3.25. The van der Waals surface area contributed by atoms with Gasteiger partial charge in [-0.2, -0.15) is 4.31 Å². The fourth-order valence-electron chi connectivity index (χ4n) is 2.07. The zero-order valence-electron chi connectivity index (χ0n) is 12.4. The fourth-order valence-corrected chi connectivity index (χ4v) is 3.42. The first-order valence-corrected chi connectivity index (χ1v) is 8.16. The summed E-state index contributed by atoms with van der Waals surface area (Å²) < 4.78 is 26.6. The molecule has 0 fully saturated rings. The Kier molecular flexibility index (Phi) is 4.34. The van der Waals surface area contributed by atoms with Gasteiger partial charge in [-0.05, 0) is 43.7 Å². The summed E-state index contributed by atoms with van der Waals surface area (Å²) in [5, 5.41) is 0. The molecule has 0 amide bonds. The number of nitrogens with zero attached hydrogens (tertiary/aromatic N) is 1. The molecule has 0 heterocycles. The molecule has 2 N–H and O–H groups in total. The molecule has 4 nitrogen and oxygen atoms in total. The normalized spacial score (nSPS) is 13.3. The van der Waals surface area contributed by atoms with Crippen molar-refractivity contribution in [3.8, 4) is 0 Å². The van der Waals surface area contributed by atoms with E-state index in [0.717, 1.165) is 11.1 Å². The summed E-state index contributed by atoms with van der Waals surface area (Å²) >= 11 is 0. The molecule has 0 bridgehead atoms. The SMILES string of the molecule is Cc1ccc(C(C)N(C)S(=O)(=O)c2ccc(N)cc2)cc1. The van der Waals surface area contributed by atoms with Crippen LogP contribution in [0.3, 0.4) is 0 Å². The van der Waals surface area contributed by atoms with Crippen LogP contribution in [-0.4, -0.2) is 19.8 Å². The van der Waals surface area contributed by atoms with Crippen molar-refractivity contribution in [2.75, 3.05) is 12.8 Å². The lowest BCUT2D eigenvalue weighted by Gasteiger charge is -2.25. The lowest BCUT2D eigenvalue weighted by molar-refractivity contribution is 0.398. The molecule has 1 atom stereocenters. The van der Waals surface area contributed by atoms with E-state index >= 15 is 0 Å². The Labute approximate surface area is 126 Å². The van der Waals surface area contributed by atoms with Crippen molar-refractivity contribution in [3.63, 3.8) is 0 Å². The van der Waals surface area contributed by atoms with Gasteiger partial charge in [0.05, 0.1) is 4.90 Å². The van der Waals surface area contributed by atoms with Gasteiger partial charge in [0.1, 0.15) is 0 Å². The minimum absolute atomic E-state index is 0.242. The predicted octanol–water partition coefficient (Wildman–Crippen LogP) is 2.96. The highest BCUT2D eigenvalue weighted by Crippen LogP contribution is 2.26. The lowest BCUT2D eigenvalue weighted by atomic mass is 10.1. The highest BCUT2D eigenvalue weighted by molar-refractivity contribution is 7.89. The lowest BCUT2D eigenvalue weighted by Crippen LogP contribution is -2.29. The third-order valence-corrected chi connectivity index (χ3v) is 5.60. The molecular weight excluding hydrogens is 284 g/mol. The Morgan fingerprint density at radius 2 is 1.52 bits per heavy atom. The summed E-state index contributed by atoms with van der Waals surface area (Å²) in [4.78, 5) is 0.248. The Bertz CT molecular complexity index is 707. The van der Waals surface area contributed by atoms with Gasteiger partial charge in [-0.15, -0.1) is 0 Å². The fraction of sp³-hybridized carbons (Fsp3) is 0.250. The summed E-state index contributed by atoms with van der Waals surface area (Å²) in [5.74, 6) is 0. The van der Waals surface area contributed by atoms with E-state index < -0.39 is 10.0 Å². The van der Waals surface area contributed by atoms with Gasteiger partial charge >= 0.3 is 0 Å². The van der Waals surface area contributed by atoms with Crippen molar-refractivity contribution >= 4 is 15.7 Å². The van der Waals surface area contributed by atoms with Crippen molar-refractivity contribution in [1.82, 2.24) is 4.31 Å². The second-order valence-electron chi connectivity index (χ2n) is 5.18. The van der Waals surface area contributed by atoms with Crippen molar-refractivity contribution in [2.45, 2.75) is 24.8 Å². The van der Waals surface area contributed by atoms with E-state index in [1.807, 2.05) is 38.1 Å². The second-order valence-corrected chi connectivity index (χ2v) is 7.17. The van der Waals surface area contributed by atoms with Crippen LogP contribution in [0.4, 0.5) is 5.69 Å². The minimum Gasteiger partial charge on any atom is -0.399 e. The monoisotopic (exact) mass is 304 g/mol. The molecule has 0 spiro atoms. The molecule has 1 unspecified atom stereocenters. The standard InChI is InChI=1S/C16H20N2O2S/c1-12-4-6-14(7-5-12)13(2)18(3)21(19,20)16-10-8-15(17)9-11-16/h4-11,13H,17H2,1-3H3. The summed E-state index contributed by atoms with van der Waals surface area (Å²) in [6, 6.07) is 13.9. The Hall–Kier alpha value is -1.85. The average Bonchev–Trinajstić information content (AvgIpc) is 2.47. The molecule has 0 aliphatic carbocycles. The zero-order chi connectivity index (χ0) is 15.6. The molecular formula is C16H20N2O2S. The van der Waals surface area contributed by atoms with Crippen LogP contribution in [-0.2, 0) is 10.0 Å². The van der Waals surface area contributed by atoms with Crippen LogP contribution in [0.15, 0.2) is 53.4 Å². The highest BCUT2D eigenvalue weighted by Gasteiger charge is 2.26. The molecule has 0 aliphatic rings. The van der Waals surface area contributed by atoms with Crippen molar-refractivity contribution in [2.24, 2.45) is 0 Å². The maximum Gasteiger partial charge on any atom is 0.243 e. The Morgan fingerprint density at radius 3 is 2.05 bits per heavy atom. The van der Waals surface area contributed by atoms with Crippen molar-refractivity contribution in [3.05, 3.63) is 59.7 Å². The number of rotatable bonds is 4. The molecule has 21 heavy (non-hydrogen) atoms. The number of hydrogen-bond acceptors (Lipinski definition) is 3. The van der Waals surface area contributed by atoms with E-state index in [4.69, 9.17) is 5.73 Å². The topological polar surface area (TPSA) is 63.4 Å². The summed E-state index contributed by atoms with van der Waals surface area (Å²) in [6.45, 7) is 3.88. The summed E-state index contributed by atoms with van der Waals surface area (Å²) in [6.07, 6.45) is 0. The predicted molar refractivity (Wildman–Crippen MR) is 85.4 cm³/mol. The molecule has 0 saturated carbocycles. The molecule has 2 aromatic carbocycles. The molecule has 112 valence electrons. The van der Waals surface area contributed by atoms with Gasteiger partial charge in [0.15, 0.2) is 0 Å². The largest absolute Gasteiger partial charge is 0.399 e. The van der Waals surface area contributed by atoms with E-state index in [9.17, 15) is 8.42 Å². The van der Waals surface area contributed by atoms with Crippen LogP contribution < -0.4 is 5.73 Å². The zero-order valence-corrected chi connectivity index (χ0v) is 13.3. The van der Waals surface area contributed by atoms with Gasteiger partial charge in [-0.3, -0.25) is 0 Å². The molecule has 2 rings (SSSR count). The summed E-state index contributed by atoms with van der Waals surface area (Å²) in [5.41, 5.74) is 8.26. The Balaban J connectivity index is 2.31. The van der Waals surface area contributed by atoms with E-state index in [-0.39, 0.29) is 10.9 Å². The van der Waals surface area contributed by atoms with Gasteiger partial charge in [0.25, 0.3) is 0 Å². The molecule has 0 radical (unpaired) electrons. The van der Waals surface area contributed by atoms with Gasteiger partial charge in [-0.1, -0.05) is 29.8 Å². The van der Waals surface area contributed by atoms with Gasteiger partial charge in [0.2, 0.25) is 10.0 Å². The van der Waals surface area contributed by atoms with Crippen LogP contribution in [0, 0.1) is 6.92 Å². The minimum atomic E-state index is -3.54. The van der Waals surface area contributed by atoms with E-state index in [0.29, 0.717) is 5.69 Å². The number of sulfonamides is 1. The number of nitrogens with two attached hydrogens (primary N) is 1. The number of aryl methyl sites for hydroxylation is 1. The van der Waals surface area contributed by atoms with Crippen molar-refractivity contribution in [1.29, 1.82) is 0 Å². The number of nitrogen functional groups attached to an aromatic ring is 1. The molecule has 5 heteroatoms.